The van der Waals surface area contributed by atoms with Gasteiger partial charge >= 0.3 is 6.18 Å². The number of pyridine rings is 1. The predicted molar refractivity (Wildman–Crippen MR) is 58.9 cm³/mol. The summed E-state index contributed by atoms with van der Waals surface area (Å²) in [7, 11) is 2.96. The van der Waals surface area contributed by atoms with E-state index in [9.17, 15) is 18.0 Å². The third-order valence-electron chi connectivity index (χ3n) is 2.55. The molecule has 0 spiro atoms. The summed E-state index contributed by atoms with van der Waals surface area (Å²) < 4.78 is 40.0. The fourth-order valence-electron chi connectivity index (χ4n) is 1.62. The molecule has 2 aromatic rings. The Morgan fingerprint density at radius 2 is 1.89 bits per heavy atom. The molecule has 0 aromatic carbocycles. The van der Waals surface area contributed by atoms with Gasteiger partial charge in [0.05, 0.1) is 5.69 Å². The Morgan fingerprint density at radius 3 is 2.39 bits per heavy atom. The number of aromatic nitrogens is 3. The summed E-state index contributed by atoms with van der Waals surface area (Å²) >= 11 is 0. The van der Waals surface area contributed by atoms with Crippen LogP contribution < -0.4 is 5.56 Å². The van der Waals surface area contributed by atoms with E-state index in [4.69, 9.17) is 0 Å². The Labute approximate surface area is 100 Å². The molecule has 2 aromatic heterocycles. The van der Waals surface area contributed by atoms with Gasteiger partial charge in [-0.15, -0.1) is 0 Å². The van der Waals surface area contributed by atoms with Gasteiger partial charge in [0, 0.05) is 31.9 Å². The Morgan fingerprint density at radius 1 is 1.22 bits per heavy atom. The third kappa shape index (κ3) is 2.15. The van der Waals surface area contributed by atoms with Crippen LogP contribution in [-0.4, -0.2) is 14.3 Å². The number of alkyl halides is 3. The fourth-order valence-corrected chi connectivity index (χ4v) is 1.62. The predicted octanol–water partition coefficient (Wildman–Crippen LogP) is 1.80. The molecular weight excluding hydrogens is 247 g/mol. The summed E-state index contributed by atoms with van der Waals surface area (Å²) in [6.07, 6.45) is -3.00. The normalized spacial score (nSPS) is 11.8. The minimum atomic E-state index is -4.48. The van der Waals surface area contributed by atoms with Gasteiger partial charge in [-0.3, -0.25) is 9.48 Å². The molecule has 4 nitrogen and oxygen atoms in total. The zero-order valence-electron chi connectivity index (χ0n) is 9.69. The van der Waals surface area contributed by atoms with E-state index in [1.165, 1.54) is 37.0 Å². The molecule has 0 saturated carbocycles. The molecular formula is C11H10F3N3O. The highest BCUT2D eigenvalue weighted by molar-refractivity contribution is 5.58. The van der Waals surface area contributed by atoms with Crippen molar-refractivity contribution < 1.29 is 13.2 Å². The molecule has 2 rings (SSSR count). The van der Waals surface area contributed by atoms with Crippen molar-refractivity contribution in [1.29, 1.82) is 0 Å². The largest absolute Gasteiger partial charge is 0.435 e. The van der Waals surface area contributed by atoms with E-state index in [2.05, 4.69) is 5.10 Å². The molecule has 0 radical (unpaired) electrons. The Kier molecular flexibility index (Phi) is 2.76. The summed E-state index contributed by atoms with van der Waals surface area (Å²) in [4.78, 5) is 11.2. The SMILES string of the molecule is Cn1nc(C(F)(F)F)cc1-c1ccc(=O)n(C)c1. The summed E-state index contributed by atoms with van der Waals surface area (Å²) in [6, 6.07) is 3.73. The highest BCUT2D eigenvalue weighted by Gasteiger charge is 2.34. The van der Waals surface area contributed by atoms with Crippen LogP contribution in [0.5, 0.6) is 0 Å². The zero-order valence-corrected chi connectivity index (χ0v) is 9.69. The lowest BCUT2D eigenvalue weighted by molar-refractivity contribution is -0.141. The average molecular weight is 257 g/mol. The van der Waals surface area contributed by atoms with Crippen molar-refractivity contribution in [2.45, 2.75) is 6.18 Å². The standard InChI is InChI=1S/C11H10F3N3O/c1-16-6-7(3-4-10(16)18)8-5-9(11(12,13)14)15-17(8)2/h3-6H,1-2H3. The number of nitrogens with zero attached hydrogens (tertiary/aromatic N) is 3. The molecule has 0 N–H and O–H groups in total. The summed E-state index contributed by atoms with van der Waals surface area (Å²) in [5, 5.41) is 3.41. The van der Waals surface area contributed by atoms with Crippen LogP contribution in [0.3, 0.4) is 0 Å². The molecule has 0 bridgehead atoms. The van der Waals surface area contributed by atoms with Gasteiger partial charge in [-0.2, -0.15) is 18.3 Å². The minimum Gasteiger partial charge on any atom is -0.318 e. The van der Waals surface area contributed by atoms with Crippen molar-refractivity contribution in [2.24, 2.45) is 14.1 Å². The molecule has 0 saturated heterocycles. The maximum atomic E-state index is 12.5. The van der Waals surface area contributed by atoms with Crippen LogP contribution in [0.25, 0.3) is 11.3 Å². The highest BCUT2D eigenvalue weighted by Crippen LogP contribution is 2.30. The van der Waals surface area contributed by atoms with Crippen LogP contribution in [0.4, 0.5) is 13.2 Å². The first kappa shape index (κ1) is 12.4. The van der Waals surface area contributed by atoms with E-state index < -0.39 is 11.9 Å². The molecule has 0 amide bonds. The van der Waals surface area contributed by atoms with Gasteiger partial charge in [-0.25, -0.2) is 0 Å². The van der Waals surface area contributed by atoms with Crippen molar-refractivity contribution in [2.75, 3.05) is 0 Å². The Hall–Kier alpha value is -2.05. The maximum absolute atomic E-state index is 12.5. The molecule has 0 unspecified atom stereocenters. The van der Waals surface area contributed by atoms with Crippen molar-refractivity contribution in [3.8, 4) is 11.3 Å². The fraction of sp³-hybridized carbons (Fsp3) is 0.273. The molecule has 2 heterocycles. The van der Waals surface area contributed by atoms with Crippen molar-refractivity contribution in [3.05, 3.63) is 40.4 Å². The molecule has 96 valence electrons. The van der Waals surface area contributed by atoms with E-state index in [1.807, 2.05) is 0 Å². The van der Waals surface area contributed by atoms with Gasteiger partial charge in [0.25, 0.3) is 0 Å². The molecule has 7 heteroatoms. The van der Waals surface area contributed by atoms with Gasteiger partial charge in [0.15, 0.2) is 5.69 Å². The van der Waals surface area contributed by atoms with E-state index in [-0.39, 0.29) is 5.56 Å². The van der Waals surface area contributed by atoms with Crippen LogP contribution in [0.15, 0.2) is 29.2 Å². The second-order valence-corrected chi connectivity index (χ2v) is 3.90. The van der Waals surface area contributed by atoms with Crippen LogP contribution in [-0.2, 0) is 20.3 Å². The van der Waals surface area contributed by atoms with Crippen molar-refractivity contribution in [3.63, 3.8) is 0 Å². The van der Waals surface area contributed by atoms with Gasteiger partial charge < -0.3 is 4.57 Å². The van der Waals surface area contributed by atoms with Crippen molar-refractivity contribution in [1.82, 2.24) is 14.3 Å². The van der Waals surface area contributed by atoms with Gasteiger partial charge in [0.2, 0.25) is 5.56 Å². The van der Waals surface area contributed by atoms with Crippen LogP contribution in [0.2, 0.25) is 0 Å². The Balaban J connectivity index is 2.54. The monoisotopic (exact) mass is 257 g/mol. The average Bonchev–Trinajstić information content (AvgIpc) is 2.64. The second kappa shape index (κ2) is 4.01. The minimum absolute atomic E-state index is 0.225. The lowest BCUT2D eigenvalue weighted by Crippen LogP contribution is -2.14. The lowest BCUT2D eigenvalue weighted by Gasteiger charge is -2.03. The molecule has 0 aliphatic rings. The van der Waals surface area contributed by atoms with E-state index >= 15 is 0 Å². The Bertz CT molecular complexity index is 640. The number of aryl methyl sites for hydroxylation is 2. The van der Waals surface area contributed by atoms with Gasteiger partial charge in [-0.05, 0) is 12.1 Å². The third-order valence-corrected chi connectivity index (χ3v) is 2.55. The first-order valence-electron chi connectivity index (χ1n) is 5.07. The van der Waals surface area contributed by atoms with Crippen LogP contribution in [0, 0.1) is 0 Å². The lowest BCUT2D eigenvalue weighted by atomic mass is 10.2. The molecule has 0 atom stereocenters. The highest BCUT2D eigenvalue weighted by atomic mass is 19.4. The number of rotatable bonds is 1. The first-order valence-corrected chi connectivity index (χ1v) is 5.07. The maximum Gasteiger partial charge on any atom is 0.435 e. The molecule has 0 aliphatic heterocycles. The van der Waals surface area contributed by atoms with E-state index in [0.29, 0.717) is 11.3 Å². The van der Waals surface area contributed by atoms with Gasteiger partial charge in [-0.1, -0.05) is 0 Å². The first-order chi connectivity index (χ1) is 8.29. The van der Waals surface area contributed by atoms with Crippen LogP contribution in [0.1, 0.15) is 5.69 Å². The summed E-state index contributed by atoms with van der Waals surface area (Å²) in [6.45, 7) is 0. The van der Waals surface area contributed by atoms with E-state index in [0.717, 1.165) is 10.7 Å². The molecule has 0 aliphatic carbocycles. The van der Waals surface area contributed by atoms with E-state index in [1.54, 1.807) is 0 Å². The van der Waals surface area contributed by atoms with Crippen molar-refractivity contribution >= 4 is 0 Å². The topological polar surface area (TPSA) is 39.8 Å². The summed E-state index contributed by atoms with van der Waals surface area (Å²) in [5.74, 6) is 0. The quantitative estimate of drug-likeness (QED) is 0.781. The second-order valence-electron chi connectivity index (χ2n) is 3.90. The summed E-state index contributed by atoms with van der Waals surface area (Å²) in [5.41, 5.74) is -0.369. The van der Waals surface area contributed by atoms with Gasteiger partial charge in [0.1, 0.15) is 0 Å². The van der Waals surface area contributed by atoms with Crippen LogP contribution >= 0.6 is 0 Å². The molecule has 0 fully saturated rings. The zero-order chi connectivity index (χ0) is 13.5. The number of halogens is 3. The smallest absolute Gasteiger partial charge is 0.318 e. The number of hydrogen-bond acceptors (Lipinski definition) is 2. The number of hydrogen-bond donors (Lipinski definition) is 0. The molecule has 18 heavy (non-hydrogen) atoms.